The van der Waals surface area contributed by atoms with Crippen molar-refractivity contribution >= 4 is 45.1 Å². The summed E-state index contributed by atoms with van der Waals surface area (Å²) in [6, 6.07) is 15.3. The average Bonchev–Trinajstić information content (AvgIpc) is 3.69. The van der Waals surface area contributed by atoms with E-state index in [1.807, 2.05) is 32.0 Å². The lowest BCUT2D eigenvalue weighted by Crippen LogP contribution is -2.40. The molecule has 48 heavy (non-hydrogen) atoms. The third-order valence-electron chi connectivity index (χ3n) is 8.52. The standard InChI is InChI=1S/C34H37ClFN7O4S/c1-22(2)21-47-34(44)32-31(28-18-25(36)7-10-29(28)38-32)30-20-42(40-39-30)19-23-11-14-41(15-12-23)16-17-43(48(45)46)26-8-5-24(6-9-26)27-4-3-13-37-33(27)35/h3-10,13,18,20,22-23,38,48H,11-12,14-17,19,21H2,1-2H3. The zero-order chi connectivity index (χ0) is 33.8. The van der Waals surface area contributed by atoms with E-state index in [4.69, 9.17) is 16.3 Å². The molecule has 3 aromatic heterocycles. The highest BCUT2D eigenvalue weighted by Gasteiger charge is 2.25. The van der Waals surface area contributed by atoms with E-state index < -0.39 is 22.7 Å². The minimum Gasteiger partial charge on any atom is -0.461 e. The molecule has 1 aliphatic rings. The van der Waals surface area contributed by atoms with Crippen LogP contribution in [0.5, 0.6) is 0 Å². The Hall–Kier alpha value is -4.33. The molecule has 0 atom stereocenters. The van der Waals surface area contributed by atoms with Gasteiger partial charge in [-0.1, -0.05) is 42.8 Å². The molecular formula is C34H37ClFN7O4S. The summed E-state index contributed by atoms with van der Waals surface area (Å²) in [6.45, 7) is 7.39. The van der Waals surface area contributed by atoms with Crippen molar-refractivity contribution in [3.63, 3.8) is 0 Å². The number of aromatic nitrogens is 5. The van der Waals surface area contributed by atoms with E-state index >= 15 is 0 Å². The number of nitrogens with zero attached hydrogens (tertiary/aromatic N) is 6. The molecule has 2 aromatic carbocycles. The van der Waals surface area contributed by atoms with Crippen molar-refractivity contribution in [1.82, 2.24) is 29.9 Å². The number of anilines is 1. The van der Waals surface area contributed by atoms with Crippen molar-refractivity contribution in [3.05, 3.63) is 83.7 Å². The lowest BCUT2D eigenvalue weighted by Gasteiger charge is -2.32. The Morgan fingerprint density at radius 3 is 2.62 bits per heavy atom. The summed E-state index contributed by atoms with van der Waals surface area (Å²) in [6.07, 6.45) is 5.22. The highest BCUT2D eigenvalue weighted by Crippen LogP contribution is 2.33. The Morgan fingerprint density at radius 1 is 1.15 bits per heavy atom. The maximum Gasteiger partial charge on any atom is 0.355 e. The van der Waals surface area contributed by atoms with Gasteiger partial charge in [-0.2, -0.15) is 0 Å². The van der Waals surface area contributed by atoms with Crippen LogP contribution in [-0.4, -0.2) is 77.0 Å². The van der Waals surface area contributed by atoms with E-state index in [2.05, 4.69) is 25.2 Å². The van der Waals surface area contributed by atoms with Crippen LogP contribution in [0.2, 0.25) is 5.15 Å². The number of carbonyl (C=O) groups is 1. The molecule has 0 aliphatic carbocycles. The van der Waals surface area contributed by atoms with Crippen molar-refractivity contribution in [3.8, 4) is 22.4 Å². The number of H-pyrrole nitrogens is 1. The SMILES string of the molecule is CC(C)COC(=O)c1[nH]c2ccc(F)cc2c1-c1cn(CC2CCN(CCN(c3ccc(-c4cccnc4Cl)cc3)[SH](=O)=O)CC2)nn1. The van der Waals surface area contributed by atoms with Crippen LogP contribution < -0.4 is 4.31 Å². The number of piperidine rings is 1. The summed E-state index contributed by atoms with van der Waals surface area (Å²) in [5, 5.41) is 9.63. The fraction of sp³-hybridized carbons (Fsp3) is 0.353. The van der Waals surface area contributed by atoms with E-state index in [0.717, 1.165) is 37.1 Å². The van der Waals surface area contributed by atoms with Crippen molar-refractivity contribution in [2.24, 2.45) is 11.8 Å². The lowest BCUT2D eigenvalue weighted by atomic mass is 9.97. The van der Waals surface area contributed by atoms with Crippen molar-refractivity contribution in [2.45, 2.75) is 33.2 Å². The van der Waals surface area contributed by atoms with Crippen LogP contribution in [0.15, 0.2) is 67.0 Å². The Kier molecular flexibility index (Phi) is 10.4. The fourth-order valence-electron chi connectivity index (χ4n) is 6.01. The third kappa shape index (κ3) is 7.69. The second kappa shape index (κ2) is 14.8. The van der Waals surface area contributed by atoms with Crippen LogP contribution in [0.25, 0.3) is 33.3 Å². The first-order valence-electron chi connectivity index (χ1n) is 15.9. The Labute approximate surface area is 284 Å². The van der Waals surface area contributed by atoms with Crippen LogP contribution >= 0.6 is 11.6 Å². The van der Waals surface area contributed by atoms with Gasteiger partial charge < -0.3 is 14.6 Å². The summed E-state index contributed by atoms with van der Waals surface area (Å²) >= 11 is 6.22. The van der Waals surface area contributed by atoms with Gasteiger partial charge in [0, 0.05) is 47.9 Å². The van der Waals surface area contributed by atoms with Gasteiger partial charge in [0.25, 0.3) is 0 Å². The predicted molar refractivity (Wildman–Crippen MR) is 184 cm³/mol. The summed E-state index contributed by atoms with van der Waals surface area (Å²) in [5.41, 5.74) is 4.00. The molecule has 0 bridgehead atoms. The largest absolute Gasteiger partial charge is 0.461 e. The van der Waals surface area contributed by atoms with Gasteiger partial charge in [0.15, 0.2) is 0 Å². The van der Waals surface area contributed by atoms with Gasteiger partial charge in [-0.15, -0.1) is 5.10 Å². The van der Waals surface area contributed by atoms with Crippen LogP contribution in [0.3, 0.4) is 0 Å². The Morgan fingerprint density at radius 2 is 1.92 bits per heavy atom. The molecule has 1 aliphatic heterocycles. The van der Waals surface area contributed by atoms with Gasteiger partial charge >= 0.3 is 5.97 Å². The number of esters is 1. The number of thiol groups is 1. The first-order chi connectivity index (χ1) is 23.2. The van der Waals surface area contributed by atoms with Gasteiger partial charge in [-0.25, -0.2) is 22.6 Å². The number of aromatic amines is 1. The smallest absolute Gasteiger partial charge is 0.355 e. The number of pyridine rings is 1. The molecule has 5 aromatic rings. The number of ether oxygens (including phenoxy) is 1. The van der Waals surface area contributed by atoms with E-state index in [1.165, 1.54) is 16.4 Å². The summed E-state index contributed by atoms with van der Waals surface area (Å²) in [7, 11) is -2.82. The molecule has 6 rings (SSSR count). The second-order valence-corrected chi connectivity index (χ2v) is 13.7. The van der Waals surface area contributed by atoms with Gasteiger partial charge in [-0.3, -0.25) is 8.99 Å². The number of fused-ring (bicyclic) bond motifs is 1. The molecule has 0 radical (unpaired) electrons. The second-order valence-electron chi connectivity index (χ2n) is 12.4. The van der Waals surface area contributed by atoms with E-state index in [1.54, 1.807) is 41.3 Å². The summed E-state index contributed by atoms with van der Waals surface area (Å²) in [5.74, 6) is -0.439. The number of halogens is 2. The van der Waals surface area contributed by atoms with Crippen LogP contribution in [0, 0.1) is 17.7 Å². The number of rotatable bonds is 12. The lowest BCUT2D eigenvalue weighted by molar-refractivity contribution is 0.0454. The fourth-order valence-corrected chi connectivity index (χ4v) is 6.82. The van der Waals surface area contributed by atoms with Crippen molar-refractivity contribution < 1.29 is 22.3 Å². The molecule has 0 unspecified atom stereocenters. The molecule has 4 heterocycles. The van der Waals surface area contributed by atoms with Gasteiger partial charge in [0.2, 0.25) is 10.9 Å². The molecule has 0 saturated carbocycles. The summed E-state index contributed by atoms with van der Waals surface area (Å²) in [4.78, 5) is 22.5. The summed E-state index contributed by atoms with van der Waals surface area (Å²) < 4.78 is 47.3. The zero-order valence-electron chi connectivity index (χ0n) is 26.7. The van der Waals surface area contributed by atoms with Gasteiger partial charge in [-0.05, 0) is 85.8 Å². The molecule has 252 valence electrons. The van der Waals surface area contributed by atoms with E-state index in [0.29, 0.717) is 58.6 Å². The molecule has 1 saturated heterocycles. The number of hydrogen-bond acceptors (Lipinski definition) is 8. The van der Waals surface area contributed by atoms with Crippen molar-refractivity contribution in [2.75, 3.05) is 37.1 Å². The number of benzene rings is 2. The first kappa shape index (κ1) is 33.6. The zero-order valence-corrected chi connectivity index (χ0v) is 28.3. The number of nitrogens with one attached hydrogen (secondary N) is 1. The number of likely N-dealkylation sites (tertiary alicyclic amines) is 1. The average molecular weight is 694 g/mol. The topological polar surface area (TPSA) is 126 Å². The van der Waals surface area contributed by atoms with E-state index in [-0.39, 0.29) is 18.2 Å². The maximum atomic E-state index is 14.2. The van der Waals surface area contributed by atoms with E-state index in [9.17, 15) is 17.6 Å². The Balaban J connectivity index is 1.06. The van der Waals surface area contributed by atoms with Crippen LogP contribution in [0.4, 0.5) is 10.1 Å². The number of hydrogen-bond donors (Lipinski definition) is 2. The normalized spacial score (nSPS) is 14.3. The van der Waals surface area contributed by atoms with Gasteiger partial charge in [0.05, 0.1) is 18.5 Å². The first-order valence-corrected chi connectivity index (χ1v) is 17.4. The molecular weight excluding hydrogens is 657 g/mol. The van der Waals surface area contributed by atoms with Crippen LogP contribution in [0.1, 0.15) is 37.2 Å². The third-order valence-corrected chi connectivity index (χ3v) is 9.65. The molecule has 11 nitrogen and oxygen atoms in total. The minimum absolute atomic E-state index is 0.165. The maximum absolute atomic E-state index is 14.2. The van der Waals surface area contributed by atoms with Crippen LogP contribution in [-0.2, 0) is 22.2 Å². The predicted octanol–water partition coefficient (Wildman–Crippen LogP) is 5.84. The molecule has 1 N–H and O–H groups in total. The quantitative estimate of drug-likeness (QED) is 0.0949. The molecule has 1 fully saturated rings. The minimum atomic E-state index is -2.82. The molecule has 0 spiro atoms. The highest BCUT2D eigenvalue weighted by molar-refractivity contribution is 7.74. The van der Waals surface area contributed by atoms with Gasteiger partial charge in [0.1, 0.15) is 22.4 Å². The number of carbonyl (C=O) groups excluding carboxylic acids is 1. The molecule has 14 heteroatoms. The highest BCUT2D eigenvalue weighted by atomic mass is 35.5. The van der Waals surface area contributed by atoms with Crippen molar-refractivity contribution in [1.29, 1.82) is 0 Å². The monoisotopic (exact) mass is 693 g/mol. The molecule has 0 amide bonds. The Bertz CT molecular complexity index is 1960.